The third-order valence-corrected chi connectivity index (χ3v) is 6.81. The molecule has 0 aliphatic heterocycles. The van der Waals surface area contributed by atoms with Crippen molar-refractivity contribution in [1.29, 1.82) is 0 Å². The van der Waals surface area contributed by atoms with E-state index in [4.69, 9.17) is 0 Å². The van der Waals surface area contributed by atoms with E-state index in [2.05, 4.69) is 60.7 Å². The number of anilines is 1. The average molecular weight is 446 g/mol. The van der Waals surface area contributed by atoms with Crippen molar-refractivity contribution in [3.05, 3.63) is 47.2 Å². The maximum absolute atomic E-state index is 12.4. The van der Waals surface area contributed by atoms with Gasteiger partial charge in [-0.1, -0.05) is 51.0 Å². The molecule has 0 spiro atoms. The Balaban J connectivity index is 1.76. The molecule has 0 aliphatic carbocycles. The zero-order valence-corrected chi connectivity index (χ0v) is 20.7. The van der Waals surface area contributed by atoms with E-state index in [1.165, 1.54) is 11.1 Å². The molecule has 1 heterocycles. The summed E-state index contributed by atoms with van der Waals surface area (Å²) in [6.45, 7) is 9.49. The number of urea groups is 1. The predicted molar refractivity (Wildman–Crippen MR) is 132 cm³/mol. The molecule has 0 unspecified atom stereocenters. The largest absolute Gasteiger partial charge is 0.338 e. The molecule has 0 radical (unpaired) electrons. The monoisotopic (exact) mass is 445 g/mol. The number of unbranched alkanes of at least 4 members (excludes halogenated alkanes) is 2. The lowest BCUT2D eigenvalue weighted by Gasteiger charge is -2.27. The maximum Gasteiger partial charge on any atom is 0.319 e. The molecule has 2 rings (SSSR count). The standard InChI is InChI=1S/C24H35N3OS2/c1-17-12-8-9-13-19(17)24(3,4)14-10-7-11-15-25-23(28)27-21-20(29-5)16-18(2)26-22(21)30-6/h8-9,12-13,16H,7,10-11,14-15H2,1-6H3,(H2,25,27,28). The lowest BCUT2D eigenvalue weighted by atomic mass is 9.78. The van der Waals surface area contributed by atoms with Crippen molar-refractivity contribution in [3.8, 4) is 0 Å². The number of aromatic nitrogens is 1. The molecule has 164 valence electrons. The van der Waals surface area contributed by atoms with Gasteiger partial charge in [0.1, 0.15) is 5.03 Å². The van der Waals surface area contributed by atoms with Gasteiger partial charge in [0.05, 0.1) is 5.69 Å². The molecular formula is C24H35N3OS2. The number of hydrogen-bond acceptors (Lipinski definition) is 4. The highest BCUT2D eigenvalue weighted by molar-refractivity contribution is 7.99. The summed E-state index contributed by atoms with van der Waals surface area (Å²) >= 11 is 3.17. The molecule has 1 aromatic carbocycles. The molecule has 0 fully saturated rings. The summed E-state index contributed by atoms with van der Waals surface area (Å²) in [5, 5.41) is 6.84. The topological polar surface area (TPSA) is 54.0 Å². The highest BCUT2D eigenvalue weighted by Gasteiger charge is 2.21. The van der Waals surface area contributed by atoms with Crippen molar-refractivity contribution in [2.24, 2.45) is 0 Å². The van der Waals surface area contributed by atoms with Gasteiger partial charge in [0.15, 0.2) is 0 Å². The van der Waals surface area contributed by atoms with Gasteiger partial charge in [0.2, 0.25) is 0 Å². The second-order valence-electron chi connectivity index (χ2n) is 8.24. The van der Waals surface area contributed by atoms with Crippen LogP contribution in [0.15, 0.2) is 40.3 Å². The van der Waals surface area contributed by atoms with Crippen LogP contribution in [-0.2, 0) is 5.41 Å². The summed E-state index contributed by atoms with van der Waals surface area (Å²) in [5.74, 6) is 0. The van der Waals surface area contributed by atoms with Crippen molar-refractivity contribution in [2.75, 3.05) is 24.4 Å². The molecule has 6 heteroatoms. The molecule has 0 saturated heterocycles. The van der Waals surface area contributed by atoms with Crippen LogP contribution < -0.4 is 10.6 Å². The number of nitrogens with one attached hydrogen (secondary N) is 2. The smallest absolute Gasteiger partial charge is 0.319 e. The zero-order chi connectivity index (χ0) is 22.1. The van der Waals surface area contributed by atoms with Crippen LogP contribution in [0.1, 0.15) is 56.4 Å². The number of pyridine rings is 1. The van der Waals surface area contributed by atoms with E-state index in [1.807, 2.05) is 25.5 Å². The Labute approximate surface area is 190 Å². The van der Waals surface area contributed by atoms with Gasteiger partial charge in [-0.3, -0.25) is 0 Å². The highest BCUT2D eigenvalue weighted by Crippen LogP contribution is 2.33. The molecule has 0 saturated carbocycles. The number of aryl methyl sites for hydroxylation is 2. The highest BCUT2D eigenvalue weighted by atomic mass is 32.2. The first-order chi connectivity index (χ1) is 14.3. The van der Waals surface area contributed by atoms with Crippen LogP contribution in [0, 0.1) is 13.8 Å². The van der Waals surface area contributed by atoms with Gasteiger partial charge in [-0.2, -0.15) is 0 Å². The molecule has 1 aromatic heterocycles. The molecule has 4 nitrogen and oxygen atoms in total. The van der Waals surface area contributed by atoms with Gasteiger partial charge in [-0.25, -0.2) is 9.78 Å². The molecule has 2 aromatic rings. The minimum Gasteiger partial charge on any atom is -0.338 e. The Hall–Kier alpha value is -1.66. The van der Waals surface area contributed by atoms with E-state index in [-0.39, 0.29) is 11.4 Å². The molecule has 2 N–H and O–H groups in total. The van der Waals surface area contributed by atoms with Crippen LogP contribution in [0.3, 0.4) is 0 Å². The van der Waals surface area contributed by atoms with E-state index in [0.717, 1.165) is 47.0 Å². The van der Waals surface area contributed by atoms with Gasteiger partial charge in [0.25, 0.3) is 0 Å². The summed E-state index contributed by atoms with van der Waals surface area (Å²) in [7, 11) is 0. The molecule has 0 bridgehead atoms. The van der Waals surface area contributed by atoms with Crippen molar-refractivity contribution in [3.63, 3.8) is 0 Å². The number of rotatable bonds is 10. The summed E-state index contributed by atoms with van der Waals surface area (Å²) in [6, 6.07) is 10.5. The van der Waals surface area contributed by atoms with Gasteiger partial charge in [-0.05, 0) is 61.8 Å². The summed E-state index contributed by atoms with van der Waals surface area (Å²) < 4.78 is 0. The maximum atomic E-state index is 12.4. The fourth-order valence-electron chi connectivity index (χ4n) is 3.73. The normalized spacial score (nSPS) is 11.4. The van der Waals surface area contributed by atoms with Gasteiger partial charge in [0, 0.05) is 17.1 Å². The van der Waals surface area contributed by atoms with Crippen LogP contribution in [0.5, 0.6) is 0 Å². The summed E-state index contributed by atoms with van der Waals surface area (Å²) in [6.07, 6.45) is 8.38. The first-order valence-electron chi connectivity index (χ1n) is 10.5. The van der Waals surface area contributed by atoms with Crippen LogP contribution in [-0.4, -0.2) is 30.1 Å². The second-order valence-corrected chi connectivity index (χ2v) is 9.88. The van der Waals surface area contributed by atoms with Crippen molar-refractivity contribution in [2.45, 2.75) is 68.7 Å². The number of hydrogen-bond donors (Lipinski definition) is 2. The molecule has 0 atom stereocenters. The Bertz CT molecular complexity index is 827. The first kappa shape index (κ1) is 24.6. The summed E-state index contributed by atoms with van der Waals surface area (Å²) in [5.41, 5.74) is 4.74. The van der Waals surface area contributed by atoms with E-state index in [9.17, 15) is 4.79 Å². The number of nitrogens with zero attached hydrogens (tertiary/aromatic N) is 1. The van der Waals surface area contributed by atoms with Gasteiger partial charge >= 0.3 is 6.03 Å². The quantitative estimate of drug-likeness (QED) is 0.312. The minimum atomic E-state index is -0.161. The second kappa shape index (κ2) is 11.7. The molecular weight excluding hydrogens is 410 g/mol. The molecule has 0 aliphatic rings. The van der Waals surface area contributed by atoms with E-state index in [1.54, 1.807) is 23.5 Å². The first-order valence-corrected chi connectivity index (χ1v) is 12.9. The Kier molecular flexibility index (Phi) is 9.56. The number of benzene rings is 1. The fraction of sp³-hybridized carbons (Fsp3) is 0.500. The minimum absolute atomic E-state index is 0.161. The Morgan fingerprint density at radius 3 is 2.47 bits per heavy atom. The third-order valence-electron chi connectivity index (χ3n) is 5.37. The number of amides is 2. The summed E-state index contributed by atoms with van der Waals surface area (Å²) in [4.78, 5) is 18.0. The number of carbonyl (C=O) groups is 1. The Morgan fingerprint density at radius 2 is 1.80 bits per heavy atom. The predicted octanol–water partition coefficient (Wildman–Crippen LogP) is 6.80. The van der Waals surface area contributed by atoms with Crippen LogP contribution in [0.4, 0.5) is 10.5 Å². The third kappa shape index (κ3) is 6.95. The lowest BCUT2D eigenvalue weighted by Crippen LogP contribution is -2.30. The van der Waals surface area contributed by atoms with Crippen LogP contribution in [0.2, 0.25) is 0 Å². The average Bonchev–Trinajstić information content (AvgIpc) is 2.71. The van der Waals surface area contributed by atoms with Gasteiger partial charge < -0.3 is 10.6 Å². The van der Waals surface area contributed by atoms with Gasteiger partial charge in [-0.15, -0.1) is 23.5 Å². The molecule has 30 heavy (non-hydrogen) atoms. The lowest BCUT2D eigenvalue weighted by molar-refractivity contribution is 0.251. The van der Waals surface area contributed by atoms with Crippen molar-refractivity contribution < 1.29 is 4.79 Å². The number of thioether (sulfide) groups is 2. The van der Waals surface area contributed by atoms with Crippen LogP contribution in [0.25, 0.3) is 0 Å². The number of carbonyl (C=O) groups excluding carboxylic acids is 1. The SMILES string of the molecule is CSc1cc(C)nc(SC)c1NC(=O)NCCCCCC(C)(C)c1ccccc1C. The van der Waals surface area contributed by atoms with Crippen LogP contribution >= 0.6 is 23.5 Å². The van der Waals surface area contributed by atoms with Crippen molar-refractivity contribution >= 4 is 35.2 Å². The van der Waals surface area contributed by atoms with E-state index >= 15 is 0 Å². The van der Waals surface area contributed by atoms with E-state index in [0.29, 0.717) is 6.54 Å². The molecule has 2 amide bonds. The Morgan fingerprint density at radius 1 is 1.07 bits per heavy atom. The zero-order valence-electron chi connectivity index (χ0n) is 19.1. The van der Waals surface area contributed by atoms with Crippen molar-refractivity contribution in [1.82, 2.24) is 10.3 Å². The van der Waals surface area contributed by atoms with E-state index < -0.39 is 0 Å². The fourth-order valence-corrected chi connectivity index (χ4v) is 5.04.